The van der Waals surface area contributed by atoms with Crippen molar-refractivity contribution in [3.05, 3.63) is 77.4 Å². The molecule has 1 atom stereocenters. The molecule has 0 saturated heterocycles. The third-order valence-electron chi connectivity index (χ3n) is 5.42. The zero-order chi connectivity index (χ0) is 22.9. The van der Waals surface area contributed by atoms with Crippen LogP contribution in [0.2, 0.25) is 0 Å². The molecule has 0 amide bonds. The van der Waals surface area contributed by atoms with Crippen molar-refractivity contribution in [3.8, 4) is 0 Å². The molecule has 0 fully saturated rings. The molecule has 2 N–H and O–H groups in total. The maximum atomic E-state index is 14.7. The maximum absolute atomic E-state index is 14.7. The second kappa shape index (κ2) is 8.26. The van der Waals surface area contributed by atoms with Gasteiger partial charge in [-0.05, 0) is 30.7 Å². The van der Waals surface area contributed by atoms with Gasteiger partial charge in [-0.15, -0.1) is 0 Å². The molecular formula is C22H20FN9O. The van der Waals surface area contributed by atoms with E-state index in [2.05, 4.69) is 30.2 Å². The average molecular weight is 445 g/mol. The van der Waals surface area contributed by atoms with Crippen molar-refractivity contribution < 1.29 is 4.39 Å². The van der Waals surface area contributed by atoms with E-state index in [1.807, 2.05) is 13.0 Å². The number of hydrogen-bond donors (Lipinski definition) is 2. The van der Waals surface area contributed by atoms with E-state index in [0.717, 1.165) is 0 Å². The van der Waals surface area contributed by atoms with Crippen LogP contribution in [0.25, 0.3) is 22.1 Å². The predicted molar refractivity (Wildman–Crippen MR) is 122 cm³/mol. The SMILES string of the molecule is CCC(Nc1ncnc2nc[nH]c12)c1nc2cccc(F)c2c(=O)n1N(C)c1cccnc1. The number of imidazole rings is 1. The number of anilines is 2. The molecule has 0 aliphatic rings. The van der Waals surface area contributed by atoms with Gasteiger partial charge in [0.2, 0.25) is 0 Å². The van der Waals surface area contributed by atoms with E-state index in [9.17, 15) is 9.18 Å². The van der Waals surface area contributed by atoms with E-state index < -0.39 is 17.4 Å². The lowest BCUT2D eigenvalue weighted by atomic mass is 10.1. The van der Waals surface area contributed by atoms with Gasteiger partial charge in [-0.1, -0.05) is 13.0 Å². The second-order valence-corrected chi connectivity index (χ2v) is 7.38. The zero-order valence-corrected chi connectivity index (χ0v) is 17.9. The van der Waals surface area contributed by atoms with E-state index >= 15 is 0 Å². The Morgan fingerprint density at radius 3 is 2.88 bits per heavy atom. The molecule has 4 heterocycles. The molecule has 5 aromatic rings. The highest BCUT2D eigenvalue weighted by atomic mass is 19.1. The molecule has 5 rings (SSSR count). The molecule has 0 aliphatic carbocycles. The molecule has 4 aromatic heterocycles. The van der Waals surface area contributed by atoms with E-state index in [1.54, 1.807) is 36.6 Å². The van der Waals surface area contributed by atoms with Gasteiger partial charge in [0.25, 0.3) is 5.56 Å². The smallest absolute Gasteiger partial charge is 0.283 e. The minimum absolute atomic E-state index is 0.0789. The van der Waals surface area contributed by atoms with E-state index in [1.165, 1.54) is 29.5 Å². The first-order valence-corrected chi connectivity index (χ1v) is 10.3. The van der Waals surface area contributed by atoms with Crippen molar-refractivity contribution in [3.63, 3.8) is 0 Å². The number of benzene rings is 1. The van der Waals surface area contributed by atoms with Crippen molar-refractivity contribution in [1.82, 2.24) is 34.6 Å². The van der Waals surface area contributed by atoms with E-state index in [4.69, 9.17) is 4.98 Å². The Bertz CT molecular complexity index is 1500. The number of fused-ring (bicyclic) bond motifs is 2. The number of H-pyrrole nitrogens is 1. The molecule has 0 saturated carbocycles. The lowest BCUT2D eigenvalue weighted by Crippen LogP contribution is -2.41. The largest absolute Gasteiger partial charge is 0.358 e. The molecule has 10 nitrogen and oxygen atoms in total. The fraction of sp³-hybridized carbons (Fsp3) is 0.182. The van der Waals surface area contributed by atoms with Crippen LogP contribution in [-0.4, -0.2) is 41.6 Å². The van der Waals surface area contributed by atoms with E-state index in [0.29, 0.717) is 34.9 Å². The molecule has 0 spiro atoms. The monoisotopic (exact) mass is 445 g/mol. The summed E-state index contributed by atoms with van der Waals surface area (Å²) in [4.78, 5) is 38.1. The number of nitrogens with one attached hydrogen (secondary N) is 2. The first-order chi connectivity index (χ1) is 16.1. The summed E-state index contributed by atoms with van der Waals surface area (Å²) < 4.78 is 16.0. The quantitative estimate of drug-likeness (QED) is 0.410. The Morgan fingerprint density at radius 2 is 2.09 bits per heavy atom. The van der Waals surface area contributed by atoms with Gasteiger partial charge < -0.3 is 10.3 Å². The van der Waals surface area contributed by atoms with Gasteiger partial charge in [-0.25, -0.2) is 29.0 Å². The molecule has 0 radical (unpaired) electrons. The van der Waals surface area contributed by atoms with Crippen molar-refractivity contribution in [2.24, 2.45) is 0 Å². The zero-order valence-electron chi connectivity index (χ0n) is 17.9. The van der Waals surface area contributed by atoms with Gasteiger partial charge >= 0.3 is 0 Å². The van der Waals surface area contributed by atoms with Gasteiger partial charge in [0.1, 0.15) is 23.0 Å². The highest BCUT2D eigenvalue weighted by Crippen LogP contribution is 2.26. The predicted octanol–water partition coefficient (Wildman–Crippen LogP) is 3.06. The first-order valence-electron chi connectivity index (χ1n) is 10.3. The Hall–Kier alpha value is -4.41. The summed E-state index contributed by atoms with van der Waals surface area (Å²) in [6.07, 6.45) is 6.77. The summed E-state index contributed by atoms with van der Waals surface area (Å²) in [6, 6.07) is 7.55. The normalized spacial score (nSPS) is 12.2. The third kappa shape index (κ3) is 3.53. The Labute approximate surface area is 187 Å². The first kappa shape index (κ1) is 20.5. The van der Waals surface area contributed by atoms with Crippen LogP contribution in [0, 0.1) is 5.82 Å². The van der Waals surface area contributed by atoms with Crippen LogP contribution in [0.5, 0.6) is 0 Å². The maximum Gasteiger partial charge on any atom is 0.283 e. The van der Waals surface area contributed by atoms with Gasteiger partial charge in [0.15, 0.2) is 17.3 Å². The van der Waals surface area contributed by atoms with Crippen molar-refractivity contribution >= 4 is 33.6 Å². The number of aromatic amines is 1. The molecule has 166 valence electrons. The number of aromatic nitrogens is 7. The van der Waals surface area contributed by atoms with Crippen LogP contribution in [0.1, 0.15) is 25.2 Å². The van der Waals surface area contributed by atoms with Gasteiger partial charge in [-0.3, -0.25) is 14.8 Å². The number of rotatable bonds is 6. The van der Waals surface area contributed by atoms with Crippen LogP contribution in [0.4, 0.5) is 15.9 Å². The molecule has 33 heavy (non-hydrogen) atoms. The third-order valence-corrected chi connectivity index (χ3v) is 5.42. The molecule has 0 bridgehead atoms. The minimum atomic E-state index is -0.624. The Morgan fingerprint density at radius 1 is 1.21 bits per heavy atom. The molecule has 11 heteroatoms. The molecule has 1 aromatic carbocycles. The van der Waals surface area contributed by atoms with E-state index in [-0.39, 0.29) is 10.9 Å². The van der Waals surface area contributed by atoms with Gasteiger partial charge in [-0.2, -0.15) is 0 Å². The van der Waals surface area contributed by atoms with Crippen LogP contribution >= 0.6 is 0 Å². The van der Waals surface area contributed by atoms with Crippen molar-refractivity contribution in [2.45, 2.75) is 19.4 Å². The highest BCUT2D eigenvalue weighted by molar-refractivity contribution is 5.82. The summed E-state index contributed by atoms with van der Waals surface area (Å²) in [5.41, 5.74) is 1.55. The topological polar surface area (TPSA) is 118 Å². The fourth-order valence-electron chi connectivity index (χ4n) is 3.76. The standard InChI is InChI=1S/C22H20FN9O/c1-3-15(29-20-18-19(26-11-25-18)27-12-28-20)21-30-16-8-4-7-14(23)17(16)22(33)32(21)31(2)13-6-5-9-24-10-13/h4-12,15H,3H2,1-2H3,(H2,25,26,27,28,29). The lowest BCUT2D eigenvalue weighted by Gasteiger charge is -2.28. The molecule has 1 unspecified atom stereocenters. The van der Waals surface area contributed by atoms with Crippen LogP contribution in [0.3, 0.4) is 0 Å². The summed E-state index contributed by atoms with van der Waals surface area (Å²) in [6.45, 7) is 1.96. The van der Waals surface area contributed by atoms with Gasteiger partial charge in [0.05, 0.1) is 29.8 Å². The number of halogens is 1. The average Bonchev–Trinajstić information content (AvgIpc) is 3.32. The van der Waals surface area contributed by atoms with Crippen LogP contribution in [0.15, 0.2) is 60.2 Å². The van der Waals surface area contributed by atoms with Crippen LogP contribution in [-0.2, 0) is 0 Å². The summed E-state index contributed by atoms with van der Waals surface area (Å²) in [5, 5.41) is 4.88. The Kier molecular flexibility index (Phi) is 5.13. The number of hydrogen-bond acceptors (Lipinski definition) is 8. The summed E-state index contributed by atoms with van der Waals surface area (Å²) in [5.74, 6) is 0.299. The van der Waals surface area contributed by atoms with Crippen molar-refractivity contribution in [2.75, 3.05) is 17.4 Å². The second-order valence-electron chi connectivity index (χ2n) is 7.38. The Balaban J connectivity index is 1.71. The minimum Gasteiger partial charge on any atom is -0.358 e. The lowest BCUT2D eigenvalue weighted by molar-refractivity contribution is 0.588. The highest BCUT2D eigenvalue weighted by Gasteiger charge is 2.24. The molecule has 0 aliphatic heterocycles. The fourth-order valence-corrected chi connectivity index (χ4v) is 3.76. The number of nitrogens with zero attached hydrogens (tertiary/aromatic N) is 7. The summed E-state index contributed by atoms with van der Waals surface area (Å²) >= 11 is 0. The van der Waals surface area contributed by atoms with Crippen LogP contribution < -0.4 is 15.9 Å². The van der Waals surface area contributed by atoms with Crippen molar-refractivity contribution in [1.29, 1.82) is 0 Å². The molecular weight excluding hydrogens is 425 g/mol. The summed E-state index contributed by atoms with van der Waals surface area (Å²) in [7, 11) is 1.71. The number of pyridine rings is 1. The van der Waals surface area contributed by atoms with Gasteiger partial charge in [0, 0.05) is 13.2 Å².